The Hall–Kier alpha value is -2.90. The molecule has 1 atom stereocenters. The molecule has 1 saturated heterocycles. The minimum atomic E-state index is -0.634. The van der Waals surface area contributed by atoms with Crippen LogP contribution in [0.2, 0.25) is 0 Å². The molecular formula is C19H21N3O4. The van der Waals surface area contributed by atoms with Crippen molar-refractivity contribution in [2.45, 2.75) is 5.92 Å². The van der Waals surface area contributed by atoms with Crippen molar-refractivity contribution in [1.29, 1.82) is 0 Å². The Morgan fingerprint density at radius 2 is 1.58 bits per heavy atom. The Bertz CT molecular complexity index is 743. The number of nitrogens with one attached hydrogen (secondary N) is 2. The molecule has 0 saturated carbocycles. The van der Waals surface area contributed by atoms with Crippen LogP contribution in [0.4, 0.5) is 10.5 Å². The summed E-state index contributed by atoms with van der Waals surface area (Å²) in [6, 6.07) is 16.0. The summed E-state index contributed by atoms with van der Waals surface area (Å²) < 4.78 is 5.24. The van der Waals surface area contributed by atoms with E-state index in [0.717, 1.165) is 5.56 Å². The highest BCUT2D eigenvalue weighted by Crippen LogP contribution is 2.26. The predicted molar refractivity (Wildman–Crippen MR) is 96.1 cm³/mol. The van der Waals surface area contributed by atoms with Crippen LogP contribution in [0, 0.1) is 0 Å². The van der Waals surface area contributed by atoms with Crippen LogP contribution < -0.4 is 10.8 Å². The molecule has 136 valence electrons. The van der Waals surface area contributed by atoms with Crippen molar-refractivity contribution >= 4 is 17.6 Å². The van der Waals surface area contributed by atoms with Crippen molar-refractivity contribution in [1.82, 2.24) is 10.4 Å². The number of benzene rings is 2. The zero-order valence-electron chi connectivity index (χ0n) is 14.2. The van der Waals surface area contributed by atoms with Gasteiger partial charge in [-0.15, -0.1) is 0 Å². The monoisotopic (exact) mass is 355 g/mol. The van der Waals surface area contributed by atoms with Crippen LogP contribution in [0.25, 0.3) is 0 Å². The smallest absolute Gasteiger partial charge is 0.321 e. The molecule has 0 bridgehead atoms. The Labute approximate surface area is 151 Å². The van der Waals surface area contributed by atoms with Crippen LogP contribution in [-0.4, -0.2) is 48.3 Å². The van der Waals surface area contributed by atoms with Crippen molar-refractivity contribution in [3.63, 3.8) is 0 Å². The van der Waals surface area contributed by atoms with Crippen molar-refractivity contribution in [2.75, 3.05) is 31.6 Å². The molecule has 1 unspecified atom stereocenters. The van der Waals surface area contributed by atoms with Crippen LogP contribution >= 0.6 is 0 Å². The number of hydrogen-bond acceptors (Lipinski definition) is 4. The average Bonchev–Trinajstić information content (AvgIpc) is 2.71. The van der Waals surface area contributed by atoms with Gasteiger partial charge >= 0.3 is 6.03 Å². The molecule has 0 aromatic heterocycles. The highest BCUT2D eigenvalue weighted by Gasteiger charge is 2.22. The number of hydroxylamine groups is 1. The third kappa shape index (κ3) is 4.19. The first-order valence-corrected chi connectivity index (χ1v) is 8.41. The summed E-state index contributed by atoms with van der Waals surface area (Å²) in [5.41, 5.74) is 3.85. The summed E-state index contributed by atoms with van der Waals surface area (Å²) in [5, 5.41) is 11.9. The highest BCUT2D eigenvalue weighted by molar-refractivity contribution is 5.90. The molecule has 26 heavy (non-hydrogen) atoms. The fourth-order valence-corrected chi connectivity index (χ4v) is 2.93. The molecule has 0 aliphatic carbocycles. The molecule has 1 fully saturated rings. The third-order valence-corrected chi connectivity index (χ3v) is 4.30. The second-order valence-electron chi connectivity index (χ2n) is 5.97. The molecule has 0 radical (unpaired) electrons. The van der Waals surface area contributed by atoms with Crippen molar-refractivity contribution in [2.24, 2.45) is 0 Å². The van der Waals surface area contributed by atoms with Gasteiger partial charge in [0.05, 0.1) is 19.1 Å². The van der Waals surface area contributed by atoms with Gasteiger partial charge in [-0.1, -0.05) is 42.5 Å². The zero-order chi connectivity index (χ0) is 18.4. The molecule has 2 aromatic rings. The molecule has 1 aliphatic rings. The van der Waals surface area contributed by atoms with Crippen molar-refractivity contribution in [3.05, 3.63) is 65.7 Å². The molecule has 7 heteroatoms. The standard InChI is InChI=1S/C19H21N3O4/c23-18(21-25)17(14-4-2-1-3-5-14)15-6-8-16(9-7-15)20-19(24)22-10-12-26-13-11-22/h1-9,17,25H,10-13H2,(H,20,24)(H,21,23). The van der Waals surface area contributed by atoms with Crippen molar-refractivity contribution < 1.29 is 19.5 Å². The molecular weight excluding hydrogens is 334 g/mol. The summed E-state index contributed by atoms with van der Waals surface area (Å²) >= 11 is 0. The number of morpholine rings is 1. The lowest BCUT2D eigenvalue weighted by Crippen LogP contribution is -2.43. The van der Waals surface area contributed by atoms with E-state index >= 15 is 0 Å². The maximum Gasteiger partial charge on any atom is 0.321 e. The minimum Gasteiger partial charge on any atom is -0.378 e. The van der Waals surface area contributed by atoms with E-state index in [1.54, 1.807) is 34.6 Å². The molecule has 3 rings (SSSR count). The molecule has 1 heterocycles. The maximum atomic E-state index is 12.2. The summed E-state index contributed by atoms with van der Waals surface area (Å²) in [6.07, 6.45) is 0. The number of anilines is 1. The predicted octanol–water partition coefficient (Wildman–Crippen LogP) is 2.19. The van der Waals surface area contributed by atoms with Crippen LogP contribution in [0.5, 0.6) is 0 Å². The second kappa shape index (κ2) is 8.46. The quantitative estimate of drug-likeness (QED) is 0.579. The first kappa shape index (κ1) is 17.9. The summed E-state index contributed by atoms with van der Waals surface area (Å²) in [4.78, 5) is 26.1. The van der Waals surface area contributed by atoms with E-state index in [-0.39, 0.29) is 6.03 Å². The SMILES string of the molecule is O=C(NO)C(c1ccccc1)c1ccc(NC(=O)N2CCOCC2)cc1. The first-order valence-electron chi connectivity index (χ1n) is 8.41. The Kier molecular flexibility index (Phi) is 5.83. The number of ether oxygens (including phenoxy) is 1. The van der Waals surface area contributed by atoms with E-state index < -0.39 is 11.8 Å². The number of nitrogens with zero attached hydrogens (tertiary/aromatic N) is 1. The molecule has 3 N–H and O–H groups in total. The highest BCUT2D eigenvalue weighted by atomic mass is 16.5. The van der Waals surface area contributed by atoms with Gasteiger partial charge in [-0.3, -0.25) is 10.0 Å². The summed E-state index contributed by atoms with van der Waals surface area (Å²) in [6.45, 7) is 2.22. The van der Waals surface area contributed by atoms with Gasteiger partial charge < -0.3 is 15.0 Å². The topological polar surface area (TPSA) is 90.9 Å². The second-order valence-corrected chi connectivity index (χ2v) is 5.97. The van der Waals surface area contributed by atoms with E-state index in [9.17, 15) is 9.59 Å². The number of hydrogen-bond donors (Lipinski definition) is 3. The fourth-order valence-electron chi connectivity index (χ4n) is 2.93. The van der Waals surface area contributed by atoms with Gasteiger partial charge in [0, 0.05) is 18.8 Å². The number of urea groups is 1. The molecule has 2 aromatic carbocycles. The van der Waals surface area contributed by atoms with E-state index in [1.165, 1.54) is 0 Å². The van der Waals surface area contributed by atoms with E-state index in [0.29, 0.717) is 37.6 Å². The Morgan fingerprint density at radius 3 is 2.19 bits per heavy atom. The average molecular weight is 355 g/mol. The molecule has 0 spiro atoms. The molecule has 7 nitrogen and oxygen atoms in total. The number of carbonyl (C=O) groups is 2. The third-order valence-electron chi connectivity index (χ3n) is 4.30. The number of amides is 3. The van der Waals surface area contributed by atoms with Crippen LogP contribution in [0.3, 0.4) is 0 Å². The normalized spacial score (nSPS) is 15.2. The lowest BCUT2D eigenvalue weighted by molar-refractivity contribution is -0.129. The van der Waals surface area contributed by atoms with Crippen LogP contribution in [0.1, 0.15) is 17.0 Å². The summed E-state index contributed by atoms with van der Waals surface area (Å²) in [5.74, 6) is -1.15. The summed E-state index contributed by atoms with van der Waals surface area (Å²) in [7, 11) is 0. The molecule has 3 amide bonds. The lowest BCUT2D eigenvalue weighted by atomic mass is 9.90. The van der Waals surface area contributed by atoms with Gasteiger partial charge in [-0.2, -0.15) is 0 Å². The zero-order valence-corrected chi connectivity index (χ0v) is 14.2. The number of carbonyl (C=O) groups excluding carboxylic acids is 2. The van der Waals surface area contributed by atoms with Gasteiger partial charge in [-0.05, 0) is 23.3 Å². The van der Waals surface area contributed by atoms with Gasteiger partial charge in [0.1, 0.15) is 0 Å². The van der Waals surface area contributed by atoms with Gasteiger partial charge in [0.15, 0.2) is 0 Å². The van der Waals surface area contributed by atoms with Gasteiger partial charge in [0.2, 0.25) is 0 Å². The van der Waals surface area contributed by atoms with Crippen molar-refractivity contribution in [3.8, 4) is 0 Å². The first-order chi connectivity index (χ1) is 12.7. The Morgan fingerprint density at radius 1 is 0.962 bits per heavy atom. The Balaban J connectivity index is 1.74. The van der Waals surface area contributed by atoms with Crippen LogP contribution in [-0.2, 0) is 9.53 Å². The van der Waals surface area contributed by atoms with Gasteiger partial charge in [-0.25, -0.2) is 10.3 Å². The van der Waals surface area contributed by atoms with E-state index in [4.69, 9.17) is 9.94 Å². The lowest BCUT2D eigenvalue weighted by Gasteiger charge is -2.27. The maximum absolute atomic E-state index is 12.2. The molecule has 1 aliphatic heterocycles. The van der Waals surface area contributed by atoms with E-state index in [2.05, 4.69) is 5.32 Å². The largest absolute Gasteiger partial charge is 0.378 e. The van der Waals surface area contributed by atoms with Gasteiger partial charge in [0.25, 0.3) is 5.91 Å². The van der Waals surface area contributed by atoms with E-state index in [1.807, 2.05) is 30.3 Å². The van der Waals surface area contributed by atoms with Crippen LogP contribution in [0.15, 0.2) is 54.6 Å². The minimum absolute atomic E-state index is 0.172. The number of rotatable bonds is 4. The fraction of sp³-hybridized carbons (Fsp3) is 0.263.